The number of aliphatic hydroxyl groups excluding tert-OH is 1. The smallest absolute Gasteiger partial charge is 0.0577 e. The van der Waals surface area contributed by atoms with Crippen LogP contribution in [-0.4, -0.2) is 11.2 Å². The van der Waals surface area contributed by atoms with Crippen LogP contribution in [0.15, 0.2) is 35.5 Å². The van der Waals surface area contributed by atoms with Crippen LogP contribution in [0.1, 0.15) is 58.3 Å². The first-order valence-electron chi connectivity index (χ1n) is 8.85. The van der Waals surface area contributed by atoms with Crippen molar-refractivity contribution < 1.29 is 5.11 Å². The van der Waals surface area contributed by atoms with Crippen molar-refractivity contribution in [2.45, 2.75) is 64.4 Å². The van der Waals surface area contributed by atoms with Crippen LogP contribution in [0.3, 0.4) is 0 Å². The van der Waals surface area contributed by atoms with Gasteiger partial charge in [0.1, 0.15) is 0 Å². The van der Waals surface area contributed by atoms with Gasteiger partial charge in [-0.15, -0.1) is 0 Å². The molecule has 4 rings (SSSR count). The van der Waals surface area contributed by atoms with Gasteiger partial charge >= 0.3 is 0 Å². The first kappa shape index (κ1) is 13.8. The Morgan fingerprint density at radius 3 is 2.86 bits per heavy atom. The van der Waals surface area contributed by atoms with Crippen molar-refractivity contribution in [3.05, 3.63) is 35.5 Å². The third-order valence-electron chi connectivity index (χ3n) is 7.08. The molecule has 1 nitrogen and oxygen atoms in total. The molecule has 0 aromatic rings. The lowest BCUT2D eigenvalue weighted by Crippen LogP contribution is -2.33. The van der Waals surface area contributed by atoms with Gasteiger partial charge in [0.15, 0.2) is 0 Å². The molecule has 0 spiro atoms. The Labute approximate surface area is 128 Å². The van der Waals surface area contributed by atoms with E-state index in [4.69, 9.17) is 0 Å². The van der Waals surface area contributed by atoms with Gasteiger partial charge in [0.05, 0.1) is 6.10 Å². The molecule has 2 fully saturated rings. The number of aliphatic hydroxyl groups is 1. The Hall–Kier alpha value is -0.820. The summed E-state index contributed by atoms with van der Waals surface area (Å²) in [6, 6.07) is 0. The lowest BCUT2D eigenvalue weighted by molar-refractivity contribution is 0.132. The molecule has 0 radical (unpaired) electrons. The highest BCUT2D eigenvalue weighted by atomic mass is 16.3. The van der Waals surface area contributed by atoms with Crippen LogP contribution in [0.25, 0.3) is 0 Å². The maximum atomic E-state index is 9.99. The van der Waals surface area contributed by atoms with E-state index in [1.807, 2.05) is 0 Å². The second-order valence-electron chi connectivity index (χ2n) is 8.11. The van der Waals surface area contributed by atoms with Gasteiger partial charge in [0.2, 0.25) is 0 Å². The van der Waals surface area contributed by atoms with Gasteiger partial charge in [-0.2, -0.15) is 0 Å². The summed E-state index contributed by atoms with van der Waals surface area (Å²) in [7, 11) is 0. The summed E-state index contributed by atoms with van der Waals surface area (Å²) in [6.07, 6.45) is 14.5. The summed E-state index contributed by atoms with van der Waals surface area (Å²) in [5, 5.41) is 9.99. The molecule has 0 aliphatic heterocycles. The molecule has 0 aromatic heterocycles. The Morgan fingerprint density at radius 2 is 2.00 bits per heavy atom. The second-order valence-corrected chi connectivity index (χ2v) is 8.11. The summed E-state index contributed by atoms with van der Waals surface area (Å²) in [4.78, 5) is 0. The molecule has 0 aromatic carbocycles. The maximum Gasteiger partial charge on any atom is 0.0577 e. The SMILES string of the molecule is C=C1CCC2C3CCC4CCC(O)CC4=CC3=CCC12C. The van der Waals surface area contributed by atoms with E-state index in [0.717, 1.165) is 30.6 Å². The molecule has 4 aliphatic carbocycles. The topological polar surface area (TPSA) is 20.2 Å². The van der Waals surface area contributed by atoms with E-state index < -0.39 is 0 Å². The summed E-state index contributed by atoms with van der Waals surface area (Å²) in [5.74, 6) is 2.31. The highest BCUT2D eigenvalue weighted by molar-refractivity contribution is 5.37. The van der Waals surface area contributed by atoms with Crippen LogP contribution in [0.4, 0.5) is 0 Å². The lowest BCUT2D eigenvalue weighted by Gasteiger charge is -2.41. The van der Waals surface area contributed by atoms with Crippen molar-refractivity contribution in [2.75, 3.05) is 0 Å². The fraction of sp³-hybridized carbons (Fsp3) is 0.700. The van der Waals surface area contributed by atoms with Gasteiger partial charge in [-0.1, -0.05) is 36.8 Å². The van der Waals surface area contributed by atoms with Crippen molar-refractivity contribution in [1.82, 2.24) is 0 Å². The molecule has 2 saturated carbocycles. The predicted octanol–water partition coefficient (Wildman–Crippen LogP) is 4.79. The summed E-state index contributed by atoms with van der Waals surface area (Å²) in [5.41, 5.74) is 5.00. The molecule has 21 heavy (non-hydrogen) atoms. The monoisotopic (exact) mass is 284 g/mol. The van der Waals surface area contributed by atoms with E-state index in [1.165, 1.54) is 44.1 Å². The molecule has 5 unspecified atom stereocenters. The van der Waals surface area contributed by atoms with Crippen LogP contribution in [-0.2, 0) is 0 Å². The molecule has 1 heteroatoms. The summed E-state index contributed by atoms with van der Waals surface area (Å²) in [6.45, 7) is 6.83. The third-order valence-corrected chi connectivity index (χ3v) is 7.08. The first-order chi connectivity index (χ1) is 10.1. The van der Waals surface area contributed by atoms with E-state index in [2.05, 4.69) is 25.7 Å². The standard InChI is InChI=1S/C20H28O/c1-13-3-8-19-18-7-5-14-4-6-17(21)12-16(14)11-15(18)9-10-20(13,19)2/h9,11,14,17-19,21H,1,3-8,10,12H2,2H3. The van der Waals surface area contributed by atoms with Gasteiger partial charge in [-0.05, 0) is 80.1 Å². The van der Waals surface area contributed by atoms with Crippen LogP contribution in [0.2, 0.25) is 0 Å². The Bertz CT molecular complexity index is 526. The van der Waals surface area contributed by atoms with Crippen LogP contribution < -0.4 is 0 Å². The van der Waals surface area contributed by atoms with Crippen LogP contribution >= 0.6 is 0 Å². The minimum Gasteiger partial charge on any atom is -0.393 e. The molecule has 114 valence electrons. The van der Waals surface area contributed by atoms with Gasteiger partial charge in [0, 0.05) is 0 Å². The summed E-state index contributed by atoms with van der Waals surface area (Å²) >= 11 is 0. The van der Waals surface area contributed by atoms with Gasteiger partial charge in [-0.25, -0.2) is 0 Å². The van der Waals surface area contributed by atoms with Gasteiger partial charge < -0.3 is 5.11 Å². The van der Waals surface area contributed by atoms with Crippen molar-refractivity contribution in [3.63, 3.8) is 0 Å². The van der Waals surface area contributed by atoms with E-state index in [9.17, 15) is 5.11 Å². The van der Waals surface area contributed by atoms with E-state index >= 15 is 0 Å². The second kappa shape index (κ2) is 4.84. The molecular weight excluding hydrogens is 256 g/mol. The molecule has 5 atom stereocenters. The van der Waals surface area contributed by atoms with Crippen molar-refractivity contribution in [3.8, 4) is 0 Å². The molecule has 0 amide bonds. The zero-order valence-corrected chi connectivity index (χ0v) is 13.3. The average Bonchev–Trinajstić information content (AvgIpc) is 2.66. The Morgan fingerprint density at radius 1 is 1.19 bits per heavy atom. The maximum absolute atomic E-state index is 9.99. The number of rotatable bonds is 0. The zero-order valence-electron chi connectivity index (χ0n) is 13.3. The number of allylic oxidation sites excluding steroid dienone is 4. The minimum atomic E-state index is -0.0928. The quantitative estimate of drug-likeness (QED) is 0.634. The summed E-state index contributed by atoms with van der Waals surface area (Å²) < 4.78 is 0. The molecule has 4 aliphatic rings. The molecule has 0 bridgehead atoms. The van der Waals surface area contributed by atoms with E-state index in [0.29, 0.717) is 5.41 Å². The third kappa shape index (κ3) is 2.08. The number of hydrogen-bond acceptors (Lipinski definition) is 1. The van der Waals surface area contributed by atoms with Crippen LogP contribution in [0.5, 0.6) is 0 Å². The normalized spacial score (nSPS) is 45.9. The highest BCUT2D eigenvalue weighted by Gasteiger charge is 2.48. The zero-order chi connectivity index (χ0) is 14.6. The minimum absolute atomic E-state index is 0.0928. The fourth-order valence-corrected chi connectivity index (χ4v) is 5.61. The molecule has 1 N–H and O–H groups in total. The van der Waals surface area contributed by atoms with E-state index in [1.54, 1.807) is 11.1 Å². The lowest BCUT2D eigenvalue weighted by atomic mass is 9.63. The van der Waals surface area contributed by atoms with Crippen molar-refractivity contribution >= 4 is 0 Å². The van der Waals surface area contributed by atoms with Gasteiger partial charge in [0.25, 0.3) is 0 Å². The Balaban J connectivity index is 1.68. The predicted molar refractivity (Wildman–Crippen MR) is 86.8 cm³/mol. The average molecular weight is 284 g/mol. The number of fused-ring (bicyclic) bond motifs is 4. The Kier molecular flexibility index (Phi) is 3.19. The van der Waals surface area contributed by atoms with E-state index in [-0.39, 0.29) is 6.10 Å². The molecular formula is C20H28O. The molecule has 0 heterocycles. The number of hydrogen-bond donors (Lipinski definition) is 1. The molecule has 0 saturated heterocycles. The van der Waals surface area contributed by atoms with Crippen molar-refractivity contribution in [2.24, 2.45) is 23.2 Å². The van der Waals surface area contributed by atoms with Crippen molar-refractivity contribution in [1.29, 1.82) is 0 Å². The first-order valence-corrected chi connectivity index (χ1v) is 8.85. The van der Waals surface area contributed by atoms with Crippen LogP contribution in [0, 0.1) is 23.2 Å². The largest absolute Gasteiger partial charge is 0.393 e. The highest BCUT2D eigenvalue weighted by Crippen LogP contribution is 2.58. The van der Waals surface area contributed by atoms with Gasteiger partial charge in [-0.3, -0.25) is 0 Å². The fourth-order valence-electron chi connectivity index (χ4n) is 5.61.